The van der Waals surface area contributed by atoms with E-state index in [1.54, 1.807) is 0 Å². The minimum absolute atomic E-state index is 0.227. The third-order valence-corrected chi connectivity index (χ3v) is 3.14. The SMILES string of the molecule is CC(C)CCNC(C#N)c1ccccc1Br. The second-order valence-electron chi connectivity index (χ2n) is 4.22. The standard InChI is InChI=1S/C13H17BrN2/c1-10(2)7-8-16-13(9-15)11-5-3-4-6-12(11)14/h3-6,10,13,16H,7-8H2,1-2H3. The highest BCUT2D eigenvalue weighted by Crippen LogP contribution is 2.22. The zero-order valence-corrected chi connectivity index (χ0v) is 11.3. The Bertz CT molecular complexity index is 368. The van der Waals surface area contributed by atoms with E-state index in [-0.39, 0.29) is 6.04 Å². The normalized spacial score (nSPS) is 12.4. The van der Waals surface area contributed by atoms with Crippen molar-refractivity contribution in [2.75, 3.05) is 6.54 Å². The first-order chi connectivity index (χ1) is 7.65. The highest BCUT2D eigenvalue weighted by Gasteiger charge is 2.12. The van der Waals surface area contributed by atoms with Crippen LogP contribution in [0.3, 0.4) is 0 Å². The van der Waals surface area contributed by atoms with Crippen molar-refractivity contribution in [1.29, 1.82) is 5.26 Å². The molecule has 1 rings (SSSR count). The molecule has 0 aliphatic heterocycles. The van der Waals surface area contributed by atoms with E-state index in [1.807, 2.05) is 24.3 Å². The number of halogens is 1. The van der Waals surface area contributed by atoms with Gasteiger partial charge in [-0.3, -0.25) is 5.32 Å². The molecule has 0 saturated heterocycles. The van der Waals surface area contributed by atoms with Crippen molar-refractivity contribution in [1.82, 2.24) is 5.32 Å². The van der Waals surface area contributed by atoms with Crippen LogP contribution in [0.25, 0.3) is 0 Å². The summed E-state index contributed by atoms with van der Waals surface area (Å²) in [5, 5.41) is 12.4. The van der Waals surface area contributed by atoms with E-state index in [1.165, 1.54) is 0 Å². The molecule has 0 fully saturated rings. The Morgan fingerprint density at radius 2 is 2.06 bits per heavy atom. The second-order valence-corrected chi connectivity index (χ2v) is 5.07. The van der Waals surface area contributed by atoms with E-state index >= 15 is 0 Å². The maximum absolute atomic E-state index is 9.14. The Morgan fingerprint density at radius 3 is 2.62 bits per heavy atom. The van der Waals surface area contributed by atoms with Crippen molar-refractivity contribution >= 4 is 15.9 Å². The number of nitrogens with one attached hydrogen (secondary N) is 1. The van der Waals surface area contributed by atoms with Crippen molar-refractivity contribution in [2.24, 2.45) is 5.92 Å². The average Bonchev–Trinajstić information content (AvgIpc) is 2.25. The lowest BCUT2D eigenvalue weighted by Crippen LogP contribution is -2.22. The van der Waals surface area contributed by atoms with Gasteiger partial charge in [-0.1, -0.05) is 48.0 Å². The van der Waals surface area contributed by atoms with Crippen LogP contribution >= 0.6 is 15.9 Å². The largest absolute Gasteiger partial charge is 0.298 e. The number of nitrogens with zero attached hydrogens (tertiary/aromatic N) is 1. The molecule has 3 heteroatoms. The van der Waals surface area contributed by atoms with Crippen molar-refractivity contribution < 1.29 is 0 Å². The topological polar surface area (TPSA) is 35.8 Å². The maximum atomic E-state index is 9.14. The van der Waals surface area contributed by atoms with Crippen LogP contribution < -0.4 is 5.32 Å². The Balaban J connectivity index is 2.62. The lowest BCUT2D eigenvalue weighted by molar-refractivity contribution is 0.518. The van der Waals surface area contributed by atoms with E-state index < -0.39 is 0 Å². The van der Waals surface area contributed by atoms with Crippen LogP contribution in [-0.4, -0.2) is 6.54 Å². The molecule has 0 bridgehead atoms. The zero-order chi connectivity index (χ0) is 12.0. The van der Waals surface area contributed by atoms with Crippen LogP contribution in [-0.2, 0) is 0 Å². The van der Waals surface area contributed by atoms with Crippen LogP contribution in [0.2, 0.25) is 0 Å². The second kappa shape index (κ2) is 6.67. The molecule has 2 nitrogen and oxygen atoms in total. The lowest BCUT2D eigenvalue weighted by atomic mass is 10.1. The molecule has 1 aromatic carbocycles. The van der Waals surface area contributed by atoms with Gasteiger partial charge in [0.25, 0.3) is 0 Å². The fraction of sp³-hybridized carbons (Fsp3) is 0.462. The van der Waals surface area contributed by atoms with E-state index in [9.17, 15) is 0 Å². The molecule has 0 amide bonds. The third-order valence-electron chi connectivity index (χ3n) is 2.42. The molecule has 1 aromatic rings. The summed E-state index contributed by atoms with van der Waals surface area (Å²) in [4.78, 5) is 0. The van der Waals surface area contributed by atoms with Crippen LogP contribution in [0.1, 0.15) is 31.9 Å². The average molecular weight is 281 g/mol. The molecule has 1 N–H and O–H groups in total. The third kappa shape index (κ3) is 3.96. The van der Waals surface area contributed by atoms with E-state index in [4.69, 9.17) is 5.26 Å². The Hall–Kier alpha value is -0.850. The van der Waals surface area contributed by atoms with Crippen LogP contribution in [0.4, 0.5) is 0 Å². The summed E-state index contributed by atoms with van der Waals surface area (Å²) in [5.74, 6) is 0.658. The van der Waals surface area contributed by atoms with Crippen LogP contribution in [0.5, 0.6) is 0 Å². The minimum atomic E-state index is -0.227. The number of benzene rings is 1. The van der Waals surface area contributed by atoms with Gasteiger partial charge in [-0.25, -0.2) is 0 Å². The van der Waals surface area contributed by atoms with Gasteiger partial charge >= 0.3 is 0 Å². The summed E-state index contributed by atoms with van der Waals surface area (Å²) in [5.41, 5.74) is 1.01. The monoisotopic (exact) mass is 280 g/mol. The molecule has 0 spiro atoms. The highest BCUT2D eigenvalue weighted by atomic mass is 79.9. The molecule has 86 valence electrons. The molecule has 16 heavy (non-hydrogen) atoms. The predicted molar refractivity (Wildman–Crippen MR) is 70.0 cm³/mol. The summed E-state index contributed by atoms with van der Waals surface area (Å²) in [7, 11) is 0. The van der Waals surface area contributed by atoms with Gasteiger partial charge < -0.3 is 0 Å². The summed E-state index contributed by atoms with van der Waals surface area (Å²) in [6.07, 6.45) is 1.09. The molecule has 0 aliphatic rings. The lowest BCUT2D eigenvalue weighted by Gasteiger charge is -2.14. The Labute approximate surface area is 106 Å². The first-order valence-electron chi connectivity index (χ1n) is 5.52. The van der Waals surface area contributed by atoms with Gasteiger partial charge in [0.1, 0.15) is 6.04 Å². The van der Waals surface area contributed by atoms with Gasteiger partial charge in [-0.15, -0.1) is 0 Å². The summed E-state index contributed by atoms with van der Waals surface area (Å²) >= 11 is 3.47. The van der Waals surface area contributed by atoms with Crippen LogP contribution in [0.15, 0.2) is 28.7 Å². The number of hydrogen-bond acceptors (Lipinski definition) is 2. The van der Waals surface area contributed by atoms with E-state index in [2.05, 4.69) is 41.2 Å². The zero-order valence-electron chi connectivity index (χ0n) is 9.70. The summed E-state index contributed by atoms with van der Waals surface area (Å²) in [6.45, 7) is 5.24. The van der Waals surface area contributed by atoms with Gasteiger partial charge in [0.05, 0.1) is 6.07 Å². The maximum Gasteiger partial charge on any atom is 0.122 e. The van der Waals surface area contributed by atoms with Gasteiger partial charge in [0.2, 0.25) is 0 Å². The summed E-state index contributed by atoms with van der Waals surface area (Å²) in [6, 6.07) is 9.91. The van der Waals surface area contributed by atoms with E-state index in [0.717, 1.165) is 23.0 Å². The first kappa shape index (κ1) is 13.2. The van der Waals surface area contributed by atoms with Gasteiger partial charge in [0, 0.05) is 4.47 Å². The molecule has 0 aliphatic carbocycles. The highest BCUT2D eigenvalue weighted by molar-refractivity contribution is 9.10. The van der Waals surface area contributed by atoms with Gasteiger partial charge in [0.15, 0.2) is 0 Å². The molecule has 0 aromatic heterocycles. The minimum Gasteiger partial charge on any atom is -0.298 e. The molecule has 1 unspecified atom stereocenters. The van der Waals surface area contributed by atoms with Gasteiger partial charge in [-0.2, -0.15) is 5.26 Å². The fourth-order valence-electron chi connectivity index (χ4n) is 1.45. The number of rotatable bonds is 5. The molecule has 1 atom stereocenters. The smallest absolute Gasteiger partial charge is 0.122 e. The Kier molecular flexibility index (Phi) is 5.51. The molecule has 0 radical (unpaired) electrons. The Morgan fingerprint density at radius 1 is 1.38 bits per heavy atom. The predicted octanol–water partition coefficient (Wildman–Crippen LogP) is 3.65. The van der Waals surface area contributed by atoms with E-state index in [0.29, 0.717) is 5.92 Å². The molecular formula is C13H17BrN2. The molecular weight excluding hydrogens is 264 g/mol. The van der Waals surface area contributed by atoms with Crippen molar-refractivity contribution in [3.05, 3.63) is 34.3 Å². The first-order valence-corrected chi connectivity index (χ1v) is 6.32. The fourth-order valence-corrected chi connectivity index (χ4v) is 1.96. The quantitative estimate of drug-likeness (QED) is 0.894. The molecule has 0 heterocycles. The summed E-state index contributed by atoms with van der Waals surface area (Å²) < 4.78 is 0.985. The number of hydrogen-bond donors (Lipinski definition) is 1. The van der Waals surface area contributed by atoms with Crippen LogP contribution in [0, 0.1) is 17.2 Å². The van der Waals surface area contributed by atoms with Crippen molar-refractivity contribution in [2.45, 2.75) is 26.3 Å². The van der Waals surface area contributed by atoms with Crippen molar-refractivity contribution in [3.8, 4) is 6.07 Å². The molecule has 0 saturated carbocycles. The van der Waals surface area contributed by atoms with Crippen molar-refractivity contribution in [3.63, 3.8) is 0 Å². The van der Waals surface area contributed by atoms with Gasteiger partial charge in [-0.05, 0) is 30.5 Å². The number of nitriles is 1.